The van der Waals surface area contributed by atoms with Gasteiger partial charge in [-0.05, 0) is 65.3 Å². The molecular weight excluding hydrogens is 444 g/mol. The van der Waals surface area contributed by atoms with Crippen LogP contribution in [0, 0.1) is 5.92 Å². The van der Waals surface area contributed by atoms with Gasteiger partial charge in [-0.1, -0.05) is 55.5 Å². The fraction of sp³-hybridized carbons (Fsp3) is 0.214. The number of thiophene rings is 1. The van der Waals surface area contributed by atoms with Crippen LogP contribution < -0.4 is 15.4 Å². The summed E-state index contributed by atoms with van der Waals surface area (Å²) in [6.07, 6.45) is 2.83. The number of anilines is 1. The van der Waals surface area contributed by atoms with Crippen LogP contribution in [0.2, 0.25) is 0 Å². The fourth-order valence-electron chi connectivity index (χ4n) is 4.92. The van der Waals surface area contributed by atoms with Gasteiger partial charge in [0.25, 0.3) is 5.91 Å². The molecule has 2 N–H and O–H groups in total. The second-order valence-electron chi connectivity index (χ2n) is 9.09. The lowest BCUT2D eigenvalue weighted by atomic mass is 9.88. The predicted molar refractivity (Wildman–Crippen MR) is 135 cm³/mol. The molecule has 4 aromatic rings. The molecule has 0 bridgehead atoms. The third kappa shape index (κ3) is 3.64. The van der Waals surface area contributed by atoms with Gasteiger partial charge in [-0.15, -0.1) is 11.3 Å². The molecule has 1 aromatic heterocycles. The summed E-state index contributed by atoms with van der Waals surface area (Å²) >= 11 is 1.71. The highest BCUT2D eigenvalue weighted by atomic mass is 32.1. The number of rotatable bonds is 3. The number of amides is 1. The van der Waals surface area contributed by atoms with Gasteiger partial charge in [0.05, 0.1) is 11.1 Å². The van der Waals surface area contributed by atoms with Crippen molar-refractivity contribution in [3.63, 3.8) is 0 Å². The predicted octanol–water partition coefficient (Wildman–Crippen LogP) is 6.10. The van der Waals surface area contributed by atoms with Crippen molar-refractivity contribution in [2.24, 2.45) is 5.92 Å². The standard InChI is InChI=1S/C28H24N2O3S/c1-16-9-14-22-23(15-16)34-27-24(22)26(31)29-25(30-27)18-10-12-19(13-11-18)33-28(32)21-8-4-6-17-5-2-3-7-20(17)21/h2-8,10-13,16,25,30H,9,14-15H2,1H3,(H,29,31)/t16-,25-/m1/s1. The second kappa shape index (κ2) is 8.29. The maximum absolute atomic E-state index is 12.9. The van der Waals surface area contributed by atoms with Crippen LogP contribution in [0.15, 0.2) is 66.7 Å². The summed E-state index contributed by atoms with van der Waals surface area (Å²) in [5.41, 5.74) is 3.48. The van der Waals surface area contributed by atoms with Crippen LogP contribution in [0.3, 0.4) is 0 Å². The Bertz CT molecular complexity index is 1420. The van der Waals surface area contributed by atoms with Crippen LogP contribution in [0.25, 0.3) is 10.8 Å². The van der Waals surface area contributed by atoms with Crippen molar-refractivity contribution in [2.45, 2.75) is 32.4 Å². The van der Waals surface area contributed by atoms with Crippen molar-refractivity contribution < 1.29 is 14.3 Å². The number of carbonyl (C=O) groups excluding carboxylic acids is 2. The number of esters is 1. The van der Waals surface area contributed by atoms with E-state index in [1.165, 1.54) is 10.4 Å². The molecule has 0 unspecified atom stereocenters. The van der Waals surface area contributed by atoms with E-state index >= 15 is 0 Å². The Morgan fingerprint density at radius 1 is 1.00 bits per heavy atom. The van der Waals surface area contributed by atoms with Crippen molar-refractivity contribution in [3.05, 3.63) is 93.9 Å². The van der Waals surface area contributed by atoms with Crippen LogP contribution in [0.5, 0.6) is 5.75 Å². The molecule has 0 spiro atoms. The number of hydrogen-bond donors (Lipinski definition) is 2. The first kappa shape index (κ1) is 20.9. The topological polar surface area (TPSA) is 67.4 Å². The average molecular weight is 469 g/mol. The molecule has 1 aliphatic carbocycles. The highest BCUT2D eigenvalue weighted by Crippen LogP contribution is 2.42. The lowest BCUT2D eigenvalue weighted by Crippen LogP contribution is -2.38. The van der Waals surface area contributed by atoms with Crippen molar-refractivity contribution in [2.75, 3.05) is 5.32 Å². The Morgan fingerprint density at radius 2 is 1.79 bits per heavy atom. The van der Waals surface area contributed by atoms with Gasteiger partial charge in [-0.25, -0.2) is 4.79 Å². The molecule has 0 radical (unpaired) electrons. The average Bonchev–Trinajstić information content (AvgIpc) is 3.22. The summed E-state index contributed by atoms with van der Waals surface area (Å²) < 4.78 is 5.65. The van der Waals surface area contributed by atoms with E-state index in [1.807, 2.05) is 48.5 Å². The Labute approximate surface area is 201 Å². The highest BCUT2D eigenvalue weighted by Gasteiger charge is 2.33. The van der Waals surface area contributed by atoms with Crippen LogP contribution in [-0.4, -0.2) is 11.9 Å². The van der Waals surface area contributed by atoms with Crippen molar-refractivity contribution >= 4 is 39.0 Å². The van der Waals surface area contributed by atoms with Crippen LogP contribution in [0.1, 0.15) is 56.2 Å². The maximum atomic E-state index is 12.9. The first-order chi connectivity index (χ1) is 16.6. The van der Waals surface area contributed by atoms with E-state index in [-0.39, 0.29) is 12.1 Å². The first-order valence-corrected chi connectivity index (χ1v) is 12.4. The summed E-state index contributed by atoms with van der Waals surface area (Å²) in [7, 11) is 0. The molecule has 2 aliphatic rings. The van der Waals surface area contributed by atoms with E-state index in [9.17, 15) is 9.59 Å². The molecule has 3 aromatic carbocycles. The first-order valence-electron chi connectivity index (χ1n) is 11.6. The smallest absolute Gasteiger partial charge is 0.344 e. The molecule has 0 saturated carbocycles. The van der Waals surface area contributed by atoms with Gasteiger partial charge in [-0.2, -0.15) is 0 Å². The van der Waals surface area contributed by atoms with Gasteiger partial charge < -0.3 is 15.4 Å². The number of nitrogens with one attached hydrogen (secondary N) is 2. The lowest BCUT2D eigenvalue weighted by molar-refractivity contribution is 0.0736. The lowest BCUT2D eigenvalue weighted by Gasteiger charge is -2.27. The van der Waals surface area contributed by atoms with Crippen LogP contribution in [-0.2, 0) is 12.8 Å². The highest BCUT2D eigenvalue weighted by molar-refractivity contribution is 7.16. The minimum absolute atomic E-state index is 0.0164. The summed E-state index contributed by atoms with van der Waals surface area (Å²) in [4.78, 5) is 27.1. The largest absolute Gasteiger partial charge is 0.423 e. The number of hydrogen-bond acceptors (Lipinski definition) is 5. The molecule has 1 aliphatic heterocycles. The molecule has 34 heavy (non-hydrogen) atoms. The van der Waals surface area contributed by atoms with Crippen LogP contribution >= 0.6 is 11.3 Å². The number of carbonyl (C=O) groups is 2. The van der Waals surface area contributed by atoms with Crippen molar-refractivity contribution in [3.8, 4) is 5.75 Å². The molecular formula is C28H24N2O3S. The van der Waals surface area contributed by atoms with Gasteiger partial charge in [-0.3, -0.25) is 4.79 Å². The Kier molecular flexibility index (Phi) is 5.11. The quantitative estimate of drug-likeness (QED) is 0.282. The second-order valence-corrected chi connectivity index (χ2v) is 10.2. The van der Waals surface area contributed by atoms with Crippen molar-refractivity contribution in [1.29, 1.82) is 0 Å². The van der Waals surface area contributed by atoms with E-state index in [0.717, 1.165) is 46.2 Å². The van der Waals surface area contributed by atoms with Gasteiger partial charge in [0.1, 0.15) is 16.9 Å². The Balaban J connectivity index is 1.20. The van der Waals surface area contributed by atoms with Gasteiger partial charge in [0.2, 0.25) is 0 Å². The monoisotopic (exact) mass is 468 g/mol. The molecule has 6 heteroatoms. The summed E-state index contributed by atoms with van der Waals surface area (Å²) in [6.45, 7) is 2.27. The Hall–Kier alpha value is -3.64. The van der Waals surface area contributed by atoms with E-state index < -0.39 is 5.97 Å². The molecule has 170 valence electrons. The van der Waals surface area contributed by atoms with E-state index in [1.54, 1.807) is 29.5 Å². The normalized spacial score (nSPS) is 19.0. The minimum atomic E-state index is -0.392. The third-order valence-corrected chi connectivity index (χ3v) is 7.91. The zero-order chi connectivity index (χ0) is 23.2. The molecule has 1 amide bonds. The fourth-order valence-corrected chi connectivity index (χ4v) is 6.36. The summed E-state index contributed by atoms with van der Waals surface area (Å²) in [5, 5.41) is 9.41. The zero-order valence-corrected chi connectivity index (χ0v) is 19.6. The van der Waals surface area contributed by atoms with E-state index in [0.29, 0.717) is 17.2 Å². The van der Waals surface area contributed by atoms with E-state index in [2.05, 4.69) is 17.6 Å². The molecule has 5 nitrogen and oxygen atoms in total. The van der Waals surface area contributed by atoms with Gasteiger partial charge in [0.15, 0.2) is 0 Å². The number of fused-ring (bicyclic) bond motifs is 4. The third-order valence-electron chi connectivity index (χ3n) is 6.72. The Morgan fingerprint density at radius 3 is 2.65 bits per heavy atom. The van der Waals surface area contributed by atoms with Crippen molar-refractivity contribution in [1.82, 2.24) is 5.32 Å². The SMILES string of the molecule is C[C@@H]1CCc2c(sc3c2C(=O)N[C@@H](c2ccc(OC(=O)c4cccc5ccccc45)cc2)N3)C1. The summed E-state index contributed by atoms with van der Waals surface area (Å²) in [5.74, 6) is 0.717. The van der Waals surface area contributed by atoms with Gasteiger partial charge in [0, 0.05) is 4.88 Å². The molecule has 0 saturated heterocycles. The number of ether oxygens (including phenoxy) is 1. The molecule has 6 rings (SSSR count). The molecule has 0 fully saturated rings. The minimum Gasteiger partial charge on any atom is -0.423 e. The number of benzene rings is 3. The maximum Gasteiger partial charge on any atom is 0.344 e. The molecule has 2 heterocycles. The van der Waals surface area contributed by atoms with Gasteiger partial charge >= 0.3 is 5.97 Å². The summed E-state index contributed by atoms with van der Waals surface area (Å²) in [6, 6.07) is 20.7. The zero-order valence-electron chi connectivity index (χ0n) is 18.8. The van der Waals surface area contributed by atoms with E-state index in [4.69, 9.17) is 4.74 Å². The van der Waals surface area contributed by atoms with Crippen LogP contribution in [0.4, 0.5) is 5.00 Å². The molecule has 2 atom stereocenters.